The van der Waals surface area contributed by atoms with Crippen molar-refractivity contribution in [1.29, 1.82) is 0 Å². The van der Waals surface area contributed by atoms with Crippen LogP contribution < -0.4 is 9.47 Å². The third-order valence-electron chi connectivity index (χ3n) is 3.91. The molecule has 0 unspecified atom stereocenters. The number of carbonyl (C=O) groups excluding carboxylic acids is 1. The van der Waals surface area contributed by atoms with Crippen LogP contribution in [-0.4, -0.2) is 36.4 Å². The van der Waals surface area contributed by atoms with Crippen LogP contribution >= 0.6 is 0 Å². The van der Waals surface area contributed by atoms with Crippen LogP contribution in [0.3, 0.4) is 0 Å². The van der Waals surface area contributed by atoms with E-state index < -0.39 is 11.9 Å². The normalized spacial score (nSPS) is 10.9. The molecule has 0 atom stereocenters. The van der Waals surface area contributed by atoms with Gasteiger partial charge in [0.05, 0.1) is 19.3 Å². The molecule has 6 nitrogen and oxygen atoms in total. The molecular formula is C21H26O6. The molecule has 6 heteroatoms. The first-order chi connectivity index (χ1) is 12.9. The molecule has 0 aliphatic heterocycles. The van der Waals surface area contributed by atoms with Crippen molar-refractivity contribution in [3.8, 4) is 11.5 Å². The molecule has 2 rings (SSSR count). The van der Waals surface area contributed by atoms with Gasteiger partial charge in [-0.1, -0.05) is 37.6 Å². The van der Waals surface area contributed by atoms with Crippen LogP contribution in [0.15, 0.2) is 24.3 Å². The number of hydrogen-bond acceptors (Lipinski definition) is 5. The SMILES string of the molecule is CCCCOc1c(C(=O)OCC)c(C(=O)O)c(OC(C)C)c2ccccc12. The smallest absolute Gasteiger partial charge is 0.342 e. The van der Waals surface area contributed by atoms with E-state index in [1.54, 1.807) is 39.0 Å². The van der Waals surface area contributed by atoms with Crippen molar-refractivity contribution in [2.45, 2.75) is 46.6 Å². The number of benzene rings is 2. The van der Waals surface area contributed by atoms with Crippen LogP contribution in [0.5, 0.6) is 11.5 Å². The Bertz CT molecular complexity index is 825. The number of carboxylic acid groups (broad SMARTS) is 1. The van der Waals surface area contributed by atoms with Crippen LogP contribution in [-0.2, 0) is 4.74 Å². The topological polar surface area (TPSA) is 82.1 Å². The molecule has 0 aliphatic rings. The van der Waals surface area contributed by atoms with E-state index in [0.29, 0.717) is 17.4 Å². The molecule has 27 heavy (non-hydrogen) atoms. The lowest BCUT2D eigenvalue weighted by atomic mass is 9.97. The number of hydrogen-bond donors (Lipinski definition) is 1. The molecule has 2 aromatic carbocycles. The highest BCUT2D eigenvalue weighted by Crippen LogP contribution is 2.42. The first kappa shape index (κ1) is 20.6. The summed E-state index contributed by atoms with van der Waals surface area (Å²) in [5.74, 6) is -1.62. The standard InChI is InChI=1S/C21H26O6/c1-5-7-12-26-18-14-10-8-9-11-15(14)19(27-13(3)4)16(20(22)23)17(18)21(24)25-6-2/h8-11,13H,5-7,12H2,1-4H3,(H,22,23). The Morgan fingerprint density at radius 2 is 1.67 bits per heavy atom. The van der Waals surface area contributed by atoms with E-state index in [2.05, 4.69) is 0 Å². The number of rotatable bonds is 9. The summed E-state index contributed by atoms with van der Waals surface area (Å²) >= 11 is 0. The lowest BCUT2D eigenvalue weighted by molar-refractivity contribution is 0.0507. The van der Waals surface area contributed by atoms with Gasteiger partial charge in [0.25, 0.3) is 0 Å². The van der Waals surface area contributed by atoms with Crippen LogP contribution in [0, 0.1) is 0 Å². The molecule has 0 aliphatic carbocycles. The monoisotopic (exact) mass is 374 g/mol. The summed E-state index contributed by atoms with van der Waals surface area (Å²) in [5, 5.41) is 11.1. The van der Waals surface area contributed by atoms with E-state index >= 15 is 0 Å². The van der Waals surface area contributed by atoms with E-state index in [4.69, 9.17) is 14.2 Å². The van der Waals surface area contributed by atoms with Gasteiger partial charge in [0.15, 0.2) is 0 Å². The van der Waals surface area contributed by atoms with E-state index in [1.165, 1.54) is 0 Å². The maximum atomic E-state index is 12.7. The molecule has 0 heterocycles. The Morgan fingerprint density at radius 1 is 1.04 bits per heavy atom. The van der Waals surface area contributed by atoms with E-state index in [9.17, 15) is 14.7 Å². The van der Waals surface area contributed by atoms with Crippen molar-refractivity contribution >= 4 is 22.7 Å². The van der Waals surface area contributed by atoms with Gasteiger partial charge in [0.1, 0.15) is 22.6 Å². The first-order valence-corrected chi connectivity index (χ1v) is 9.20. The lowest BCUT2D eigenvalue weighted by Crippen LogP contribution is -2.18. The minimum Gasteiger partial charge on any atom is -0.492 e. The van der Waals surface area contributed by atoms with Gasteiger partial charge < -0.3 is 19.3 Å². The van der Waals surface area contributed by atoms with E-state index in [1.807, 2.05) is 13.0 Å². The number of carbonyl (C=O) groups is 2. The average Bonchev–Trinajstić information content (AvgIpc) is 2.62. The molecule has 2 aromatic rings. The van der Waals surface area contributed by atoms with Crippen molar-refractivity contribution in [1.82, 2.24) is 0 Å². The second kappa shape index (κ2) is 9.26. The maximum absolute atomic E-state index is 12.7. The zero-order valence-electron chi connectivity index (χ0n) is 16.2. The Hall–Kier alpha value is -2.76. The predicted molar refractivity (Wildman–Crippen MR) is 103 cm³/mol. The number of aromatic carboxylic acids is 1. The second-order valence-corrected chi connectivity index (χ2v) is 6.35. The molecule has 0 fully saturated rings. The number of ether oxygens (including phenoxy) is 3. The Balaban J connectivity index is 2.87. The van der Waals surface area contributed by atoms with Crippen LogP contribution in [0.2, 0.25) is 0 Å². The molecule has 0 saturated carbocycles. The molecule has 0 aromatic heterocycles. The largest absolute Gasteiger partial charge is 0.492 e. The third-order valence-corrected chi connectivity index (χ3v) is 3.91. The predicted octanol–water partition coefficient (Wildman–Crippen LogP) is 4.68. The molecule has 0 radical (unpaired) electrons. The highest BCUT2D eigenvalue weighted by atomic mass is 16.5. The van der Waals surface area contributed by atoms with Gasteiger partial charge >= 0.3 is 11.9 Å². The zero-order chi connectivity index (χ0) is 20.0. The van der Waals surface area contributed by atoms with E-state index in [-0.39, 0.29) is 35.3 Å². The minimum atomic E-state index is -1.26. The van der Waals surface area contributed by atoms with Gasteiger partial charge in [0.2, 0.25) is 0 Å². The van der Waals surface area contributed by atoms with Gasteiger partial charge in [-0.05, 0) is 27.2 Å². The number of carboxylic acids is 1. The van der Waals surface area contributed by atoms with Crippen molar-refractivity contribution in [2.75, 3.05) is 13.2 Å². The lowest BCUT2D eigenvalue weighted by Gasteiger charge is -2.21. The maximum Gasteiger partial charge on any atom is 0.342 e. The quantitative estimate of drug-likeness (QED) is 0.507. The molecule has 146 valence electrons. The van der Waals surface area contributed by atoms with E-state index in [0.717, 1.165) is 12.8 Å². The third kappa shape index (κ3) is 4.51. The molecule has 0 amide bonds. The summed E-state index contributed by atoms with van der Waals surface area (Å²) in [6.07, 6.45) is 1.42. The van der Waals surface area contributed by atoms with Gasteiger partial charge in [0, 0.05) is 10.8 Å². The zero-order valence-corrected chi connectivity index (χ0v) is 16.2. The van der Waals surface area contributed by atoms with Gasteiger partial charge in [-0.25, -0.2) is 9.59 Å². The first-order valence-electron chi connectivity index (χ1n) is 9.20. The summed E-state index contributed by atoms with van der Waals surface area (Å²) in [7, 11) is 0. The van der Waals surface area contributed by atoms with Crippen LogP contribution in [0.25, 0.3) is 10.8 Å². The van der Waals surface area contributed by atoms with Gasteiger partial charge in [-0.3, -0.25) is 0 Å². The molecule has 0 saturated heterocycles. The highest BCUT2D eigenvalue weighted by molar-refractivity contribution is 6.14. The second-order valence-electron chi connectivity index (χ2n) is 6.35. The average molecular weight is 374 g/mol. The Kier molecular flexibility index (Phi) is 7.05. The van der Waals surface area contributed by atoms with Crippen molar-refractivity contribution in [3.05, 3.63) is 35.4 Å². The summed E-state index contributed by atoms with van der Waals surface area (Å²) < 4.78 is 16.9. The molecule has 0 bridgehead atoms. The number of esters is 1. The van der Waals surface area contributed by atoms with Crippen molar-refractivity contribution in [3.63, 3.8) is 0 Å². The summed E-state index contributed by atoms with van der Waals surface area (Å²) in [6.45, 7) is 7.79. The number of fused-ring (bicyclic) bond motifs is 1. The summed E-state index contributed by atoms with van der Waals surface area (Å²) in [6, 6.07) is 7.16. The van der Waals surface area contributed by atoms with Crippen LogP contribution in [0.1, 0.15) is 61.3 Å². The fraction of sp³-hybridized carbons (Fsp3) is 0.429. The molecule has 1 N–H and O–H groups in total. The molecule has 0 spiro atoms. The fourth-order valence-electron chi connectivity index (χ4n) is 2.80. The highest BCUT2D eigenvalue weighted by Gasteiger charge is 2.31. The van der Waals surface area contributed by atoms with Gasteiger partial charge in [-0.2, -0.15) is 0 Å². The van der Waals surface area contributed by atoms with Crippen molar-refractivity contribution < 1.29 is 28.9 Å². The number of unbranched alkanes of at least 4 members (excludes halogenated alkanes) is 1. The van der Waals surface area contributed by atoms with Gasteiger partial charge in [-0.15, -0.1) is 0 Å². The summed E-state index contributed by atoms with van der Waals surface area (Å²) in [4.78, 5) is 24.8. The van der Waals surface area contributed by atoms with Crippen LogP contribution in [0.4, 0.5) is 0 Å². The summed E-state index contributed by atoms with van der Waals surface area (Å²) in [5.41, 5.74) is -0.331. The Morgan fingerprint density at radius 3 is 2.19 bits per heavy atom. The molecular weight excluding hydrogens is 348 g/mol. The Labute approximate surface area is 159 Å². The fourth-order valence-corrected chi connectivity index (χ4v) is 2.80. The minimum absolute atomic E-state index is 0.102. The van der Waals surface area contributed by atoms with Crippen molar-refractivity contribution in [2.24, 2.45) is 0 Å².